The van der Waals surface area contributed by atoms with Crippen molar-refractivity contribution in [3.05, 3.63) is 47.9 Å². The summed E-state index contributed by atoms with van der Waals surface area (Å²) in [5.74, 6) is 1.47. The maximum Gasteiger partial charge on any atom is 0.132 e. The van der Waals surface area contributed by atoms with E-state index in [1.807, 2.05) is 25.1 Å². The molecule has 3 nitrogen and oxygen atoms in total. The van der Waals surface area contributed by atoms with Crippen LogP contribution in [0, 0.1) is 6.92 Å². The van der Waals surface area contributed by atoms with Crippen molar-refractivity contribution in [2.24, 2.45) is 5.73 Å². The molecule has 0 atom stereocenters. The summed E-state index contributed by atoms with van der Waals surface area (Å²) in [4.78, 5) is 9.46. The van der Waals surface area contributed by atoms with Crippen molar-refractivity contribution in [2.45, 2.75) is 44.6 Å². The zero-order valence-electron chi connectivity index (χ0n) is 11.9. The van der Waals surface area contributed by atoms with Gasteiger partial charge in [0.05, 0.1) is 5.69 Å². The first kappa shape index (κ1) is 13.3. The molecular formula is C17H21N3. The van der Waals surface area contributed by atoms with E-state index in [0.717, 1.165) is 48.5 Å². The van der Waals surface area contributed by atoms with Crippen LogP contribution in [0.5, 0.6) is 0 Å². The topological polar surface area (TPSA) is 51.8 Å². The molecule has 0 aliphatic heterocycles. The number of hydrogen-bond acceptors (Lipinski definition) is 3. The molecule has 104 valence electrons. The molecule has 0 amide bonds. The second kappa shape index (κ2) is 5.71. The highest BCUT2D eigenvalue weighted by Crippen LogP contribution is 2.31. The summed E-state index contributed by atoms with van der Waals surface area (Å²) in [6, 6.07) is 12.8. The Balaban J connectivity index is 1.91. The van der Waals surface area contributed by atoms with Crippen LogP contribution in [-0.4, -0.2) is 16.0 Å². The monoisotopic (exact) mass is 267 g/mol. The normalized spacial score (nSPS) is 22.7. The minimum atomic E-state index is 0.365. The molecule has 0 saturated heterocycles. The quantitative estimate of drug-likeness (QED) is 0.906. The maximum atomic E-state index is 5.99. The SMILES string of the molecule is Cc1cc(-c2ccccc2)nc(C2CCC(N)CC2)n1. The Labute approximate surface area is 120 Å². The predicted octanol–water partition coefficient (Wildman–Crippen LogP) is 3.44. The highest BCUT2D eigenvalue weighted by molar-refractivity contribution is 5.59. The summed E-state index contributed by atoms with van der Waals surface area (Å²) < 4.78 is 0. The molecule has 0 unspecified atom stereocenters. The van der Waals surface area contributed by atoms with Gasteiger partial charge in [-0.05, 0) is 38.7 Å². The number of hydrogen-bond donors (Lipinski definition) is 1. The molecule has 2 aromatic rings. The fourth-order valence-electron chi connectivity index (χ4n) is 2.91. The molecule has 2 N–H and O–H groups in total. The highest BCUT2D eigenvalue weighted by atomic mass is 14.9. The summed E-state index contributed by atoms with van der Waals surface area (Å²) >= 11 is 0. The van der Waals surface area contributed by atoms with Crippen molar-refractivity contribution in [1.82, 2.24) is 9.97 Å². The lowest BCUT2D eigenvalue weighted by Crippen LogP contribution is -2.26. The van der Waals surface area contributed by atoms with Crippen LogP contribution < -0.4 is 5.73 Å². The molecule has 0 bridgehead atoms. The third-order valence-electron chi connectivity index (χ3n) is 4.08. The fraction of sp³-hybridized carbons (Fsp3) is 0.412. The molecule has 0 radical (unpaired) electrons. The molecule has 3 heteroatoms. The van der Waals surface area contributed by atoms with Crippen LogP contribution in [0.15, 0.2) is 36.4 Å². The van der Waals surface area contributed by atoms with Gasteiger partial charge in [-0.15, -0.1) is 0 Å². The minimum absolute atomic E-state index is 0.365. The number of aryl methyl sites for hydroxylation is 1. The molecular weight excluding hydrogens is 246 g/mol. The van der Waals surface area contributed by atoms with Gasteiger partial charge >= 0.3 is 0 Å². The highest BCUT2D eigenvalue weighted by Gasteiger charge is 2.22. The first-order chi connectivity index (χ1) is 9.72. The van der Waals surface area contributed by atoms with Gasteiger partial charge < -0.3 is 5.73 Å². The molecule has 1 fully saturated rings. The van der Waals surface area contributed by atoms with E-state index in [1.54, 1.807) is 0 Å². The number of aromatic nitrogens is 2. The van der Waals surface area contributed by atoms with Gasteiger partial charge in [0, 0.05) is 23.2 Å². The van der Waals surface area contributed by atoms with Crippen LogP contribution in [0.2, 0.25) is 0 Å². The van der Waals surface area contributed by atoms with Crippen LogP contribution in [-0.2, 0) is 0 Å². The molecule has 1 aromatic carbocycles. The first-order valence-electron chi connectivity index (χ1n) is 7.39. The number of nitrogens with two attached hydrogens (primary N) is 1. The zero-order valence-corrected chi connectivity index (χ0v) is 11.9. The lowest BCUT2D eigenvalue weighted by atomic mass is 9.86. The number of rotatable bonds is 2. The Kier molecular flexibility index (Phi) is 3.79. The summed E-state index contributed by atoms with van der Waals surface area (Å²) in [5, 5.41) is 0. The average Bonchev–Trinajstić information content (AvgIpc) is 2.48. The van der Waals surface area contributed by atoms with E-state index >= 15 is 0 Å². The number of nitrogens with zero attached hydrogens (tertiary/aromatic N) is 2. The Hall–Kier alpha value is -1.74. The first-order valence-corrected chi connectivity index (χ1v) is 7.39. The van der Waals surface area contributed by atoms with Crippen molar-refractivity contribution in [3.8, 4) is 11.3 Å². The van der Waals surface area contributed by atoms with Gasteiger partial charge in [0.1, 0.15) is 5.82 Å². The summed E-state index contributed by atoms with van der Waals surface area (Å²) in [5.41, 5.74) is 9.22. The minimum Gasteiger partial charge on any atom is -0.328 e. The maximum absolute atomic E-state index is 5.99. The standard InChI is InChI=1S/C17H21N3/c1-12-11-16(13-5-3-2-4-6-13)20-17(19-12)14-7-9-15(18)10-8-14/h2-6,11,14-15H,7-10,18H2,1H3. The van der Waals surface area contributed by atoms with Gasteiger partial charge in [-0.3, -0.25) is 0 Å². The van der Waals surface area contributed by atoms with Crippen molar-refractivity contribution < 1.29 is 0 Å². The second-order valence-corrected chi connectivity index (χ2v) is 5.73. The molecule has 3 rings (SSSR count). The van der Waals surface area contributed by atoms with Crippen LogP contribution in [0.3, 0.4) is 0 Å². The van der Waals surface area contributed by atoms with E-state index in [2.05, 4.69) is 23.2 Å². The zero-order chi connectivity index (χ0) is 13.9. The molecule has 20 heavy (non-hydrogen) atoms. The van der Waals surface area contributed by atoms with Crippen molar-refractivity contribution in [3.63, 3.8) is 0 Å². The van der Waals surface area contributed by atoms with E-state index in [-0.39, 0.29) is 0 Å². The van der Waals surface area contributed by atoms with Gasteiger partial charge in [-0.2, -0.15) is 0 Å². The lowest BCUT2D eigenvalue weighted by Gasteiger charge is -2.25. The largest absolute Gasteiger partial charge is 0.328 e. The van der Waals surface area contributed by atoms with Crippen molar-refractivity contribution >= 4 is 0 Å². The smallest absolute Gasteiger partial charge is 0.132 e. The second-order valence-electron chi connectivity index (χ2n) is 5.73. The van der Waals surface area contributed by atoms with E-state index in [1.165, 1.54) is 0 Å². The Morgan fingerprint density at radius 2 is 1.70 bits per heavy atom. The Morgan fingerprint density at radius 1 is 1.00 bits per heavy atom. The molecule has 1 aliphatic rings. The summed E-state index contributed by atoms with van der Waals surface area (Å²) in [7, 11) is 0. The van der Waals surface area contributed by atoms with E-state index in [4.69, 9.17) is 10.7 Å². The molecule has 1 aromatic heterocycles. The Bertz CT molecular complexity index is 572. The molecule has 0 spiro atoms. The molecule has 1 heterocycles. The van der Waals surface area contributed by atoms with Gasteiger partial charge in [-0.1, -0.05) is 30.3 Å². The lowest BCUT2D eigenvalue weighted by molar-refractivity contribution is 0.384. The van der Waals surface area contributed by atoms with Gasteiger partial charge in [0.15, 0.2) is 0 Å². The summed E-state index contributed by atoms with van der Waals surface area (Å²) in [6.07, 6.45) is 4.39. The molecule has 1 saturated carbocycles. The fourth-order valence-corrected chi connectivity index (χ4v) is 2.91. The van der Waals surface area contributed by atoms with Crippen molar-refractivity contribution in [1.29, 1.82) is 0 Å². The van der Waals surface area contributed by atoms with Gasteiger partial charge in [0.2, 0.25) is 0 Å². The Morgan fingerprint density at radius 3 is 2.40 bits per heavy atom. The van der Waals surface area contributed by atoms with E-state index in [9.17, 15) is 0 Å². The van der Waals surface area contributed by atoms with E-state index in [0.29, 0.717) is 12.0 Å². The van der Waals surface area contributed by atoms with E-state index < -0.39 is 0 Å². The summed E-state index contributed by atoms with van der Waals surface area (Å²) in [6.45, 7) is 2.05. The van der Waals surface area contributed by atoms with Crippen LogP contribution in [0.4, 0.5) is 0 Å². The number of benzene rings is 1. The predicted molar refractivity (Wildman–Crippen MR) is 81.4 cm³/mol. The third kappa shape index (κ3) is 2.88. The van der Waals surface area contributed by atoms with Crippen LogP contribution >= 0.6 is 0 Å². The van der Waals surface area contributed by atoms with Crippen LogP contribution in [0.1, 0.15) is 43.1 Å². The van der Waals surface area contributed by atoms with Gasteiger partial charge in [0.25, 0.3) is 0 Å². The van der Waals surface area contributed by atoms with Crippen LogP contribution in [0.25, 0.3) is 11.3 Å². The van der Waals surface area contributed by atoms with Gasteiger partial charge in [-0.25, -0.2) is 9.97 Å². The average molecular weight is 267 g/mol. The molecule has 1 aliphatic carbocycles. The van der Waals surface area contributed by atoms with Crippen molar-refractivity contribution in [2.75, 3.05) is 0 Å². The third-order valence-corrected chi connectivity index (χ3v) is 4.08.